The molecular formula is C13H23N3O3. The van der Waals surface area contributed by atoms with Crippen LogP contribution >= 0.6 is 0 Å². The molecule has 1 rings (SSSR count). The molecule has 0 aromatic carbocycles. The largest absolute Gasteiger partial charge is 0.481 e. The third-order valence-corrected chi connectivity index (χ3v) is 2.62. The zero-order chi connectivity index (χ0) is 14.1. The number of nitrogens with zero attached hydrogens (tertiary/aromatic N) is 2. The summed E-state index contributed by atoms with van der Waals surface area (Å²) in [5.74, 6) is 1.70. The average molecular weight is 269 g/mol. The van der Waals surface area contributed by atoms with Gasteiger partial charge < -0.3 is 19.5 Å². The number of nitrogens with one attached hydrogen (secondary N) is 1. The molecule has 1 unspecified atom stereocenters. The number of ether oxygens (including phenoxy) is 3. The SMILES string of the molecule is CCCNC(COC)Cc1nc(OC)cc(OC)n1. The Morgan fingerprint density at radius 3 is 2.26 bits per heavy atom. The van der Waals surface area contributed by atoms with Crippen molar-refractivity contribution in [1.82, 2.24) is 15.3 Å². The second-order valence-electron chi connectivity index (χ2n) is 4.18. The van der Waals surface area contributed by atoms with E-state index in [1.165, 1.54) is 0 Å². The lowest BCUT2D eigenvalue weighted by Gasteiger charge is -2.17. The maximum absolute atomic E-state index is 5.21. The van der Waals surface area contributed by atoms with Gasteiger partial charge in [0.15, 0.2) is 0 Å². The van der Waals surface area contributed by atoms with E-state index in [0.29, 0.717) is 30.6 Å². The smallest absolute Gasteiger partial charge is 0.220 e. The Morgan fingerprint density at radius 1 is 1.16 bits per heavy atom. The summed E-state index contributed by atoms with van der Waals surface area (Å²) >= 11 is 0. The fourth-order valence-electron chi connectivity index (χ4n) is 1.71. The zero-order valence-electron chi connectivity index (χ0n) is 12.1. The van der Waals surface area contributed by atoms with E-state index in [-0.39, 0.29) is 6.04 Å². The van der Waals surface area contributed by atoms with Crippen LogP contribution in [0.4, 0.5) is 0 Å². The summed E-state index contributed by atoms with van der Waals surface area (Å²) in [5.41, 5.74) is 0. The van der Waals surface area contributed by atoms with Crippen LogP contribution in [-0.2, 0) is 11.2 Å². The first-order chi connectivity index (χ1) is 9.23. The molecule has 0 fully saturated rings. The van der Waals surface area contributed by atoms with Crippen molar-refractivity contribution in [2.45, 2.75) is 25.8 Å². The van der Waals surface area contributed by atoms with Gasteiger partial charge in [0.25, 0.3) is 0 Å². The Morgan fingerprint density at radius 2 is 1.79 bits per heavy atom. The topological polar surface area (TPSA) is 65.5 Å². The lowest BCUT2D eigenvalue weighted by atomic mass is 10.2. The second-order valence-corrected chi connectivity index (χ2v) is 4.18. The van der Waals surface area contributed by atoms with Gasteiger partial charge in [-0.25, -0.2) is 0 Å². The van der Waals surface area contributed by atoms with E-state index in [1.54, 1.807) is 27.4 Å². The molecular weight excluding hydrogens is 246 g/mol. The molecule has 1 atom stereocenters. The highest BCUT2D eigenvalue weighted by atomic mass is 16.5. The Bertz CT molecular complexity index is 352. The first-order valence-corrected chi connectivity index (χ1v) is 6.41. The van der Waals surface area contributed by atoms with Crippen molar-refractivity contribution in [2.24, 2.45) is 0 Å². The molecule has 0 aliphatic rings. The van der Waals surface area contributed by atoms with E-state index in [2.05, 4.69) is 22.2 Å². The summed E-state index contributed by atoms with van der Waals surface area (Å²) < 4.78 is 15.5. The molecule has 6 nitrogen and oxygen atoms in total. The predicted molar refractivity (Wildman–Crippen MR) is 72.8 cm³/mol. The summed E-state index contributed by atoms with van der Waals surface area (Å²) in [6, 6.07) is 1.84. The molecule has 1 N–H and O–H groups in total. The van der Waals surface area contributed by atoms with Crippen molar-refractivity contribution >= 4 is 0 Å². The van der Waals surface area contributed by atoms with Gasteiger partial charge in [0.2, 0.25) is 11.8 Å². The van der Waals surface area contributed by atoms with Gasteiger partial charge in [0.05, 0.1) is 26.9 Å². The van der Waals surface area contributed by atoms with Crippen molar-refractivity contribution in [2.75, 3.05) is 34.5 Å². The van der Waals surface area contributed by atoms with Gasteiger partial charge in [0.1, 0.15) is 5.82 Å². The summed E-state index contributed by atoms with van der Waals surface area (Å²) in [4.78, 5) is 8.64. The highest BCUT2D eigenvalue weighted by Gasteiger charge is 2.13. The second kappa shape index (κ2) is 8.66. The highest BCUT2D eigenvalue weighted by molar-refractivity contribution is 5.21. The molecule has 19 heavy (non-hydrogen) atoms. The van der Waals surface area contributed by atoms with Gasteiger partial charge in [-0.2, -0.15) is 9.97 Å². The van der Waals surface area contributed by atoms with Crippen LogP contribution in [-0.4, -0.2) is 50.5 Å². The van der Waals surface area contributed by atoms with Gasteiger partial charge in [-0.15, -0.1) is 0 Å². The molecule has 0 bridgehead atoms. The van der Waals surface area contributed by atoms with Crippen LogP contribution in [0, 0.1) is 0 Å². The quantitative estimate of drug-likeness (QED) is 0.723. The summed E-state index contributed by atoms with van der Waals surface area (Å²) in [6.07, 6.45) is 1.74. The van der Waals surface area contributed by atoms with E-state index in [1.807, 2.05) is 0 Å². The molecule has 0 aliphatic carbocycles. The Hall–Kier alpha value is -1.40. The van der Waals surface area contributed by atoms with Crippen molar-refractivity contribution in [3.63, 3.8) is 0 Å². The van der Waals surface area contributed by atoms with E-state index in [0.717, 1.165) is 13.0 Å². The number of rotatable bonds is 9. The lowest BCUT2D eigenvalue weighted by Crippen LogP contribution is -2.36. The van der Waals surface area contributed by atoms with Gasteiger partial charge in [0, 0.05) is 19.6 Å². The molecule has 1 heterocycles. The van der Waals surface area contributed by atoms with Crippen LogP contribution in [0.1, 0.15) is 19.2 Å². The molecule has 0 amide bonds. The standard InChI is InChI=1S/C13H23N3O3/c1-5-6-14-10(9-17-2)7-11-15-12(18-3)8-13(16-11)19-4/h8,10,14H,5-7,9H2,1-4H3. The Labute approximate surface area is 114 Å². The lowest BCUT2D eigenvalue weighted by molar-refractivity contribution is 0.165. The van der Waals surface area contributed by atoms with E-state index in [9.17, 15) is 0 Å². The fraction of sp³-hybridized carbons (Fsp3) is 0.692. The Balaban J connectivity index is 2.76. The first kappa shape index (κ1) is 15.7. The minimum Gasteiger partial charge on any atom is -0.481 e. The van der Waals surface area contributed by atoms with E-state index >= 15 is 0 Å². The number of aromatic nitrogens is 2. The molecule has 0 aliphatic heterocycles. The maximum atomic E-state index is 5.21. The van der Waals surface area contributed by atoms with E-state index in [4.69, 9.17) is 14.2 Å². The third-order valence-electron chi connectivity index (χ3n) is 2.62. The first-order valence-electron chi connectivity index (χ1n) is 6.41. The summed E-state index contributed by atoms with van der Waals surface area (Å²) in [5, 5.41) is 3.41. The Kier molecular flexibility index (Phi) is 7.14. The van der Waals surface area contributed by atoms with Crippen LogP contribution in [0.2, 0.25) is 0 Å². The van der Waals surface area contributed by atoms with Crippen LogP contribution in [0.15, 0.2) is 6.07 Å². The van der Waals surface area contributed by atoms with Gasteiger partial charge >= 0.3 is 0 Å². The van der Waals surface area contributed by atoms with Crippen molar-refractivity contribution in [3.8, 4) is 11.8 Å². The minimum absolute atomic E-state index is 0.182. The number of methoxy groups -OCH3 is 3. The molecule has 1 aromatic rings. The molecule has 108 valence electrons. The number of hydrogen-bond donors (Lipinski definition) is 1. The molecule has 0 saturated carbocycles. The summed E-state index contributed by atoms with van der Waals surface area (Å²) in [7, 11) is 4.84. The monoisotopic (exact) mass is 269 g/mol. The van der Waals surface area contributed by atoms with Crippen LogP contribution in [0.5, 0.6) is 11.8 Å². The van der Waals surface area contributed by atoms with Gasteiger partial charge in [-0.3, -0.25) is 0 Å². The molecule has 0 saturated heterocycles. The minimum atomic E-state index is 0.182. The van der Waals surface area contributed by atoms with Crippen LogP contribution in [0.3, 0.4) is 0 Å². The molecule has 0 spiro atoms. The third kappa shape index (κ3) is 5.40. The van der Waals surface area contributed by atoms with Gasteiger partial charge in [-0.05, 0) is 13.0 Å². The molecule has 6 heteroatoms. The summed E-state index contributed by atoms with van der Waals surface area (Å²) in [6.45, 7) is 3.68. The zero-order valence-corrected chi connectivity index (χ0v) is 12.1. The molecule has 0 radical (unpaired) electrons. The number of hydrogen-bond acceptors (Lipinski definition) is 6. The van der Waals surface area contributed by atoms with Crippen LogP contribution < -0.4 is 14.8 Å². The fourth-order valence-corrected chi connectivity index (χ4v) is 1.71. The van der Waals surface area contributed by atoms with E-state index < -0.39 is 0 Å². The maximum Gasteiger partial charge on any atom is 0.220 e. The average Bonchev–Trinajstić information content (AvgIpc) is 2.44. The predicted octanol–water partition coefficient (Wildman–Crippen LogP) is 1.05. The van der Waals surface area contributed by atoms with Gasteiger partial charge in [-0.1, -0.05) is 6.92 Å². The van der Waals surface area contributed by atoms with Crippen molar-refractivity contribution < 1.29 is 14.2 Å². The molecule has 1 aromatic heterocycles. The normalized spacial score (nSPS) is 12.2. The van der Waals surface area contributed by atoms with Crippen molar-refractivity contribution in [3.05, 3.63) is 11.9 Å². The van der Waals surface area contributed by atoms with Crippen molar-refractivity contribution in [1.29, 1.82) is 0 Å². The van der Waals surface area contributed by atoms with Crippen LogP contribution in [0.25, 0.3) is 0 Å². The highest BCUT2D eigenvalue weighted by Crippen LogP contribution is 2.15.